The molecule has 0 aromatic carbocycles. The Morgan fingerprint density at radius 1 is 1.30 bits per heavy atom. The second-order valence-corrected chi connectivity index (χ2v) is 7.83. The van der Waals surface area contributed by atoms with Crippen LogP contribution in [-0.4, -0.2) is 46.1 Å². The summed E-state index contributed by atoms with van der Waals surface area (Å²) in [6, 6.07) is 3.10. The maximum atomic E-state index is 11.7. The van der Waals surface area contributed by atoms with Crippen LogP contribution in [0.5, 0.6) is 0 Å². The van der Waals surface area contributed by atoms with E-state index in [1.54, 1.807) is 12.1 Å². The van der Waals surface area contributed by atoms with Gasteiger partial charge in [0.25, 0.3) is 0 Å². The van der Waals surface area contributed by atoms with E-state index in [4.69, 9.17) is 0 Å². The second-order valence-electron chi connectivity index (χ2n) is 4.72. The highest BCUT2D eigenvalue weighted by Crippen LogP contribution is 2.19. The van der Waals surface area contributed by atoms with E-state index in [-0.39, 0.29) is 35.0 Å². The quantitative estimate of drug-likeness (QED) is 0.749. The van der Waals surface area contributed by atoms with Gasteiger partial charge in [-0.15, -0.1) is 11.3 Å². The van der Waals surface area contributed by atoms with Crippen LogP contribution in [0.1, 0.15) is 22.5 Å². The fourth-order valence-corrected chi connectivity index (χ4v) is 4.34. The summed E-state index contributed by atoms with van der Waals surface area (Å²) in [5, 5.41) is 6.82. The first-order valence-corrected chi connectivity index (χ1v) is 9.84. The van der Waals surface area contributed by atoms with Crippen LogP contribution in [-0.2, 0) is 14.4 Å². The molecule has 0 bridgehead atoms. The molecule has 2 N–H and O–H groups in total. The Labute approximate surface area is 146 Å². The van der Waals surface area contributed by atoms with Crippen LogP contribution in [0, 0.1) is 0 Å². The monoisotopic (exact) mass is 372 g/mol. The van der Waals surface area contributed by atoms with Crippen LogP contribution in [0.4, 0.5) is 0 Å². The van der Waals surface area contributed by atoms with E-state index in [9.17, 15) is 19.2 Å². The Bertz CT molecular complexity index is 589. The second kappa shape index (κ2) is 9.09. The van der Waals surface area contributed by atoms with Crippen molar-refractivity contribution in [1.82, 2.24) is 10.6 Å². The van der Waals surface area contributed by atoms with Crippen molar-refractivity contribution >= 4 is 56.9 Å². The standard InChI is InChI=1S/C14H16N2O4S3/c17-11(4-7-23-14(20)10-2-1-5-21-10)15-8-12(18)16-9-3-6-22-13(9)19/h1-2,5,9H,3-4,6-8H2,(H,15,17)(H,16,18). The molecule has 1 aromatic heterocycles. The summed E-state index contributed by atoms with van der Waals surface area (Å²) in [6.45, 7) is -0.156. The zero-order valence-electron chi connectivity index (χ0n) is 12.2. The van der Waals surface area contributed by atoms with E-state index in [1.807, 2.05) is 5.38 Å². The minimum atomic E-state index is -0.441. The fourth-order valence-electron chi connectivity index (χ4n) is 1.84. The first kappa shape index (κ1) is 18.0. The molecule has 0 spiro atoms. The number of carbonyl (C=O) groups excluding carboxylic acids is 4. The Morgan fingerprint density at radius 3 is 2.78 bits per heavy atom. The largest absolute Gasteiger partial charge is 0.347 e. The molecule has 1 aliphatic rings. The van der Waals surface area contributed by atoms with Crippen LogP contribution in [0.25, 0.3) is 0 Å². The van der Waals surface area contributed by atoms with Crippen LogP contribution in [0.15, 0.2) is 17.5 Å². The molecular weight excluding hydrogens is 356 g/mol. The zero-order valence-corrected chi connectivity index (χ0v) is 14.7. The van der Waals surface area contributed by atoms with Crippen LogP contribution >= 0.6 is 34.9 Å². The summed E-state index contributed by atoms with van der Waals surface area (Å²) in [5.41, 5.74) is 0. The number of carbonyl (C=O) groups is 4. The van der Waals surface area contributed by atoms with Gasteiger partial charge in [0.15, 0.2) is 0 Å². The Hall–Kier alpha value is -1.32. The van der Waals surface area contributed by atoms with Gasteiger partial charge >= 0.3 is 0 Å². The third-order valence-corrected chi connectivity index (χ3v) is 5.90. The Balaban J connectivity index is 1.58. The molecule has 0 aliphatic carbocycles. The number of thiophene rings is 1. The highest BCUT2D eigenvalue weighted by atomic mass is 32.2. The normalized spacial score (nSPS) is 17.0. The summed E-state index contributed by atoms with van der Waals surface area (Å²) >= 11 is 3.66. The van der Waals surface area contributed by atoms with Crippen molar-refractivity contribution in [2.45, 2.75) is 18.9 Å². The van der Waals surface area contributed by atoms with Gasteiger partial charge in [0.05, 0.1) is 17.5 Å². The lowest BCUT2D eigenvalue weighted by molar-refractivity contribution is -0.127. The van der Waals surface area contributed by atoms with Crippen molar-refractivity contribution in [3.63, 3.8) is 0 Å². The van der Waals surface area contributed by atoms with Crippen LogP contribution < -0.4 is 10.6 Å². The van der Waals surface area contributed by atoms with Gasteiger partial charge in [-0.2, -0.15) is 0 Å². The molecule has 9 heteroatoms. The van der Waals surface area contributed by atoms with Crippen molar-refractivity contribution in [2.75, 3.05) is 18.1 Å². The molecule has 0 saturated carbocycles. The predicted molar refractivity (Wildman–Crippen MR) is 92.7 cm³/mol. The molecule has 2 rings (SSSR count). The minimum absolute atomic E-state index is 0.0341. The number of hydrogen-bond acceptors (Lipinski definition) is 7. The van der Waals surface area contributed by atoms with E-state index in [0.29, 0.717) is 22.8 Å². The average molecular weight is 372 g/mol. The van der Waals surface area contributed by atoms with Crippen molar-refractivity contribution in [1.29, 1.82) is 0 Å². The molecule has 2 amide bonds. The molecule has 1 aliphatic heterocycles. The molecule has 2 heterocycles. The lowest BCUT2D eigenvalue weighted by atomic mass is 10.2. The Morgan fingerprint density at radius 2 is 2.13 bits per heavy atom. The number of nitrogens with one attached hydrogen (secondary N) is 2. The lowest BCUT2D eigenvalue weighted by Gasteiger charge is -2.10. The van der Waals surface area contributed by atoms with Gasteiger partial charge in [-0.3, -0.25) is 19.2 Å². The Kier molecular flexibility index (Phi) is 7.13. The molecule has 23 heavy (non-hydrogen) atoms. The van der Waals surface area contributed by atoms with E-state index >= 15 is 0 Å². The van der Waals surface area contributed by atoms with Gasteiger partial charge in [0.2, 0.25) is 22.0 Å². The summed E-state index contributed by atoms with van der Waals surface area (Å²) < 4.78 is 0. The minimum Gasteiger partial charge on any atom is -0.347 e. The topological polar surface area (TPSA) is 92.3 Å². The summed E-state index contributed by atoms with van der Waals surface area (Å²) in [7, 11) is 0. The van der Waals surface area contributed by atoms with Gasteiger partial charge in [0.1, 0.15) is 0 Å². The van der Waals surface area contributed by atoms with E-state index < -0.39 is 6.04 Å². The lowest BCUT2D eigenvalue weighted by Crippen LogP contribution is -2.43. The van der Waals surface area contributed by atoms with Gasteiger partial charge in [-0.1, -0.05) is 29.6 Å². The number of rotatable bonds is 7. The zero-order chi connectivity index (χ0) is 16.7. The number of amides is 2. The number of thioether (sulfide) groups is 2. The van der Waals surface area contributed by atoms with Crippen molar-refractivity contribution < 1.29 is 19.2 Å². The smallest absolute Gasteiger partial charge is 0.240 e. The van der Waals surface area contributed by atoms with E-state index in [0.717, 1.165) is 11.8 Å². The highest BCUT2D eigenvalue weighted by molar-refractivity contribution is 8.14. The summed E-state index contributed by atoms with van der Waals surface area (Å²) in [4.78, 5) is 47.0. The van der Waals surface area contributed by atoms with Crippen molar-refractivity contribution in [3.8, 4) is 0 Å². The first-order chi connectivity index (χ1) is 11.1. The van der Waals surface area contributed by atoms with E-state index in [1.165, 1.54) is 23.1 Å². The van der Waals surface area contributed by atoms with Gasteiger partial charge in [-0.05, 0) is 17.9 Å². The third-order valence-electron chi connectivity index (χ3n) is 3.00. The average Bonchev–Trinajstić information content (AvgIpc) is 3.18. The van der Waals surface area contributed by atoms with Crippen molar-refractivity contribution in [3.05, 3.63) is 22.4 Å². The molecule has 124 valence electrons. The highest BCUT2D eigenvalue weighted by Gasteiger charge is 2.26. The van der Waals surface area contributed by atoms with Crippen LogP contribution in [0.2, 0.25) is 0 Å². The molecule has 1 atom stereocenters. The van der Waals surface area contributed by atoms with Crippen LogP contribution in [0.3, 0.4) is 0 Å². The summed E-state index contributed by atoms with van der Waals surface area (Å²) in [6.07, 6.45) is 0.790. The number of hydrogen-bond donors (Lipinski definition) is 2. The molecular formula is C14H16N2O4S3. The van der Waals surface area contributed by atoms with Gasteiger partial charge in [-0.25, -0.2) is 0 Å². The molecule has 6 nitrogen and oxygen atoms in total. The fraction of sp³-hybridized carbons (Fsp3) is 0.429. The predicted octanol–water partition coefficient (Wildman–Crippen LogP) is 1.28. The maximum absolute atomic E-state index is 11.7. The first-order valence-electron chi connectivity index (χ1n) is 6.99. The molecule has 0 radical (unpaired) electrons. The van der Waals surface area contributed by atoms with Gasteiger partial charge < -0.3 is 10.6 Å². The van der Waals surface area contributed by atoms with Crippen molar-refractivity contribution in [2.24, 2.45) is 0 Å². The van der Waals surface area contributed by atoms with E-state index in [2.05, 4.69) is 10.6 Å². The molecule has 1 unspecified atom stereocenters. The third kappa shape index (κ3) is 6.00. The molecule has 1 aromatic rings. The molecule has 1 fully saturated rings. The SMILES string of the molecule is O=C(CCSC(=O)c1cccs1)NCC(=O)NC1CCSC1=O. The summed E-state index contributed by atoms with van der Waals surface area (Å²) in [5.74, 6) is 0.411. The molecule has 1 saturated heterocycles. The van der Waals surface area contributed by atoms with Gasteiger partial charge in [0, 0.05) is 17.9 Å². The maximum Gasteiger partial charge on any atom is 0.240 e.